The fourth-order valence-corrected chi connectivity index (χ4v) is 4.67. The summed E-state index contributed by atoms with van der Waals surface area (Å²) in [6.07, 6.45) is 0.799. The Morgan fingerprint density at radius 2 is 1.52 bits per heavy atom. The number of carboxylic acids is 1. The van der Waals surface area contributed by atoms with Crippen LogP contribution < -0.4 is 0 Å². The maximum absolute atomic E-state index is 12.2. The fraction of sp³-hybridized carbons (Fsp3) is 0.0385. The topological polar surface area (TPSA) is 50.4 Å². The molecule has 0 unspecified atom stereocenters. The summed E-state index contributed by atoms with van der Waals surface area (Å²) in [7, 11) is 0. The zero-order chi connectivity index (χ0) is 19.5. The Bertz CT molecular complexity index is 1460. The minimum absolute atomic E-state index is 0.299. The molecule has 6 rings (SSSR count). The molecule has 5 aromatic rings. The number of carboxylic acid groups (broad SMARTS) is 1. The number of carbonyl (C=O) groups is 1. The van der Waals surface area contributed by atoms with Crippen molar-refractivity contribution in [1.82, 2.24) is 0 Å². The van der Waals surface area contributed by atoms with E-state index < -0.39 is 5.97 Å². The first-order valence-electron chi connectivity index (χ1n) is 9.60. The molecule has 4 aromatic carbocycles. The lowest BCUT2D eigenvalue weighted by Gasteiger charge is -2.13. The summed E-state index contributed by atoms with van der Waals surface area (Å²) < 4.78 is 6.04. The molecule has 0 atom stereocenters. The Balaban J connectivity index is 1.75. The molecule has 29 heavy (non-hydrogen) atoms. The van der Waals surface area contributed by atoms with Crippen molar-refractivity contribution in [2.45, 2.75) is 6.42 Å². The zero-order valence-corrected chi connectivity index (χ0v) is 15.5. The lowest BCUT2D eigenvalue weighted by Crippen LogP contribution is -2.01. The van der Waals surface area contributed by atoms with Crippen LogP contribution in [0.5, 0.6) is 0 Å². The third kappa shape index (κ3) is 2.21. The largest absolute Gasteiger partial charge is 0.478 e. The van der Waals surface area contributed by atoms with E-state index in [9.17, 15) is 9.90 Å². The third-order valence-corrected chi connectivity index (χ3v) is 5.89. The summed E-state index contributed by atoms with van der Waals surface area (Å²) in [5.41, 5.74) is 8.34. The Labute approximate surface area is 166 Å². The van der Waals surface area contributed by atoms with Crippen molar-refractivity contribution >= 4 is 27.9 Å². The lowest BCUT2D eigenvalue weighted by atomic mass is 9.89. The normalized spacial score (nSPS) is 12.3. The van der Waals surface area contributed by atoms with Gasteiger partial charge in [0.25, 0.3) is 0 Å². The summed E-state index contributed by atoms with van der Waals surface area (Å²) in [5, 5.41) is 11.8. The number of benzene rings is 4. The first-order chi connectivity index (χ1) is 14.2. The van der Waals surface area contributed by atoms with Crippen molar-refractivity contribution in [2.75, 3.05) is 0 Å². The Morgan fingerprint density at radius 3 is 2.41 bits per heavy atom. The Hall–Kier alpha value is -3.85. The van der Waals surface area contributed by atoms with Crippen molar-refractivity contribution in [3.8, 4) is 22.3 Å². The smallest absolute Gasteiger partial charge is 0.336 e. The highest BCUT2D eigenvalue weighted by molar-refractivity contribution is 6.17. The molecule has 0 spiro atoms. The molecule has 3 nitrogen and oxygen atoms in total. The molecule has 1 heterocycles. The minimum Gasteiger partial charge on any atom is -0.478 e. The van der Waals surface area contributed by atoms with Gasteiger partial charge in [-0.05, 0) is 52.4 Å². The van der Waals surface area contributed by atoms with Gasteiger partial charge in [0.1, 0.15) is 11.2 Å². The van der Waals surface area contributed by atoms with Crippen molar-refractivity contribution < 1.29 is 14.3 Å². The maximum Gasteiger partial charge on any atom is 0.336 e. The van der Waals surface area contributed by atoms with E-state index in [0.717, 1.165) is 33.9 Å². The van der Waals surface area contributed by atoms with E-state index in [2.05, 4.69) is 24.3 Å². The number of rotatable bonds is 2. The maximum atomic E-state index is 12.2. The molecule has 0 aliphatic heterocycles. The van der Waals surface area contributed by atoms with Gasteiger partial charge in [-0.1, -0.05) is 60.7 Å². The molecule has 138 valence electrons. The zero-order valence-electron chi connectivity index (χ0n) is 15.5. The molecule has 0 radical (unpaired) electrons. The Kier molecular flexibility index (Phi) is 3.24. The second-order valence-corrected chi connectivity index (χ2v) is 7.43. The number of furan rings is 1. The molecule has 0 saturated carbocycles. The van der Waals surface area contributed by atoms with E-state index in [0.29, 0.717) is 11.1 Å². The van der Waals surface area contributed by atoms with Crippen molar-refractivity contribution in [3.63, 3.8) is 0 Å². The summed E-state index contributed by atoms with van der Waals surface area (Å²) >= 11 is 0. The van der Waals surface area contributed by atoms with E-state index in [1.807, 2.05) is 42.5 Å². The number of hydrogen-bond acceptors (Lipinski definition) is 2. The number of hydrogen-bond donors (Lipinski definition) is 1. The van der Waals surface area contributed by atoms with Crippen LogP contribution in [0.25, 0.3) is 44.2 Å². The quantitative estimate of drug-likeness (QED) is 0.374. The Morgan fingerprint density at radius 1 is 0.759 bits per heavy atom. The molecule has 0 fully saturated rings. The van der Waals surface area contributed by atoms with E-state index in [4.69, 9.17) is 4.42 Å². The second-order valence-electron chi connectivity index (χ2n) is 7.43. The molecular formula is C26H16O3. The summed E-state index contributed by atoms with van der Waals surface area (Å²) in [5.74, 6) is -0.930. The molecule has 1 aromatic heterocycles. The van der Waals surface area contributed by atoms with Crippen molar-refractivity contribution in [3.05, 3.63) is 95.6 Å². The number of fused-ring (bicyclic) bond motifs is 6. The predicted octanol–water partition coefficient (Wildman–Crippen LogP) is 6.52. The van der Waals surface area contributed by atoms with Crippen LogP contribution in [0.3, 0.4) is 0 Å². The van der Waals surface area contributed by atoms with Crippen LogP contribution in [0.15, 0.2) is 83.3 Å². The van der Waals surface area contributed by atoms with E-state index in [-0.39, 0.29) is 0 Å². The fourth-order valence-electron chi connectivity index (χ4n) is 4.67. The summed E-state index contributed by atoms with van der Waals surface area (Å²) in [6.45, 7) is 0. The average Bonchev–Trinajstić information content (AvgIpc) is 3.31. The van der Waals surface area contributed by atoms with Crippen LogP contribution in [0.1, 0.15) is 21.5 Å². The first-order valence-corrected chi connectivity index (χ1v) is 9.60. The highest BCUT2D eigenvalue weighted by Gasteiger charge is 2.26. The molecule has 1 aliphatic rings. The minimum atomic E-state index is -0.930. The predicted molar refractivity (Wildman–Crippen MR) is 114 cm³/mol. The van der Waals surface area contributed by atoms with Gasteiger partial charge in [0, 0.05) is 16.3 Å². The van der Waals surface area contributed by atoms with Crippen molar-refractivity contribution in [2.24, 2.45) is 0 Å². The van der Waals surface area contributed by atoms with Gasteiger partial charge in [0.2, 0.25) is 0 Å². The van der Waals surface area contributed by atoms with E-state index in [1.54, 1.807) is 12.1 Å². The monoisotopic (exact) mass is 376 g/mol. The van der Waals surface area contributed by atoms with Gasteiger partial charge in [-0.25, -0.2) is 4.79 Å². The third-order valence-electron chi connectivity index (χ3n) is 5.89. The number of aromatic carboxylic acids is 1. The van der Waals surface area contributed by atoms with Gasteiger partial charge in [-0.15, -0.1) is 0 Å². The summed E-state index contributed by atoms with van der Waals surface area (Å²) in [4.78, 5) is 12.2. The van der Waals surface area contributed by atoms with Gasteiger partial charge in [0.15, 0.2) is 0 Å². The highest BCUT2D eigenvalue weighted by Crippen LogP contribution is 2.45. The van der Waals surface area contributed by atoms with Crippen LogP contribution in [0.4, 0.5) is 0 Å². The van der Waals surface area contributed by atoms with Crippen LogP contribution in [-0.2, 0) is 6.42 Å². The van der Waals surface area contributed by atoms with Crippen LogP contribution in [-0.4, -0.2) is 11.1 Å². The summed E-state index contributed by atoms with van der Waals surface area (Å²) in [6, 6.07) is 25.8. The van der Waals surface area contributed by atoms with Gasteiger partial charge >= 0.3 is 5.97 Å². The molecule has 3 heteroatoms. The van der Waals surface area contributed by atoms with Crippen molar-refractivity contribution in [1.29, 1.82) is 0 Å². The molecular weight excluding hydrogens is 360 g/mol. The van der Waals surface area contributed by atoms with Gasteiger partial charge in [-0.2, -0.15) is 0 Å². The highest BCUT2D eigenvalue weighted by atomic mass is 16.4. The second kappa shape index (κ2) is 5.82. The molecule has 0 saturated heterocycles. The molecule has 0 amide bonds. The van der Waals surface area contributed by atoms with Crippen LogP contribution in [0.2, 0.25) is 0 Å². The van der Waals surface area contributed by atoms with E-state index in [1.165, 1.54) is 22.3 Å². The van der Waals surface area contributed by atoms with Crippen LogP contribution >= 0.6 is 0 Å². The van der Waals surface area contributed by atoms with Crippen LogP contribution in [0, 0.1) is 0 Å². The van der Waals surface area contributed by atoms with Gasteiger partial charge in [0.05, 0.1) is 5.56 Å². The first kappa shape index (κ1) is 16.1. The average molecular weight is 376 g/mol. The van der Waals surface area contributed by atoms with Gasteiger partial charge in [-0.3, -0.25) is 0 Å². The molecule has 0 bridgehead atoms. The number of para-hydroxylation sites is 1. The lowest BCUT2D eigenvalue weighted by molar-refractivity contribution is 0.0698. The molecule has 1 N–H and O–H groups in total. The molecule has 1 aliphatic carbocycles. The SMILES string of the molecule is O=C(O)c1ccc2oc3ccccc3c2c1-c1cccc2c1Cc1ccccc1-2. The standard InChI is InChI=1S/C26H16O3/c27-26(28)20-12-13-23-25(19-8-3-4-11-22(19)29-23)24(20)18-10-5-9-17-16-7-2-1-6-15(16)14-21(17)18/h1-13H,14H2,(H,27,28). The van der Waals surface area contributed by atoms with Gasteiger partial charge < -0.3 is 9.52 Å². The van der Waals surface area contributed by atoms with E-state index >= 15 is 0 Å².